The molecule has 1 aromatic rings. The highest BCUT2D eigenvalue weighted by Crippen LogP contribution is 2.39. The van der Waals surface area contributed by atoms with Gasteiger partial charge in [-0.2, -0.15) is 0 Å². The van der Waals surface area contributed by atoms with E-state index in [1.54, 1.807) is 25.3 Å². The van der Waals surface area contributed by atoms with Gasteiger partial charge in [-0.25, -0.2) is 8.42 Å². The fourth-order valence-corrected chi connectivity index (χ4v) is 6.03. The predicted molar refractivity (Wildman–Crippen MR) is 102 cm³/mol. The number of amides is 1. The van der Waals surface area contributed by atoms with Gasteiger partial charge in [0.05, 0.1) is 36.7 Å². The van der Waals surface area contributed by atoms with Gasteiger partial charge in [0.25, 0.3) is 5.91 Å². The fraction of sp³-hybridized carbons (Fsp3) is 0.375. The van der Waals surface area contributed by atoms with Gasteiger partial charge in [0, 0.05) is 5.56 Å². The molecular weight excluding hydrogens is 382 g/mol. The normalized spacial score (nSPS) is 24.2. The highest BCUT2D eigenvalue weighted by atomic mass is 32.2. The molecule has 2 saturated heterocycles. The van der Waals surface area contributed by atoms with Crippen LogP contribution in [0.1, 0.15) is 12.0 Å². The molecule has 3 rings (SSSR count). The first-order valence-electron chi connectivity index (χ1n) is 7.55. The second-order valence-electron chi connectivity index (χ2n) is 5.69. The van der Waals surface area contributed by atoms with Crippen molar-refractivity contribution < 1.29 is 22.7 Å². The van der Waals surface area contributed by atoms with Crippen LogP contribution in [0, 0.1) is 0 Å². The molecule has 0 N–H and O–H groups in total. The van der Waals surface area contributed by atoms with Crippen LogP contribution in [-0.2, 0) is 14.6 Å². The van der Waals surface area contributed by atoms with Gasteiger partial charge >= 0.3 is 0 Å². The predicted octanol–water partition coefficient (Wildman–Crippen LogP) is 2.09. The lowest BCUT2D eigenvalue weighted by Gasteiger charge is -2.20. The monoisotopic (exact) mass is 399 g/mol. The van der Waals surface area contributed by atoms with Crippen molar-refractivity contribution in [3.8, 4) is 11.5 Å². The Hall–Kier alpha value is -1.58. The highest BCUT2D eigenvalue weighted by Gasteiger charge is 2.42. The Bertz CT molecular complexity index is 863. The first kappa shape index (κ1) is 18.2. The van der Waals surface area contributed by atoms with E-state index in [2.05, 4.69) is 0 Å². The van der Waals surface area contributed by atoms with E-state index in [-0.39, 0.29) is 23.5 Å². The Morgan fingerprint density at radius 2 is 2.08 bits per heavy atom. The molecule has 6 nitrogen and oxygen atoms in total. The lowest BCUT2D eigenvalue weighted by molar-refractivity contribution is -0.123. The summed E-state index contributed by atoms with van der Waals surface area (Å²) >= 11 is 6.48. The fourth-order valence-electron chi connectivity index (χ4n) is 2.94. The summed E-state index contributed by atoms with van der Waals surface area (Å²) in [7, 11) is -0.0197. The van der Waals surface area contributed by atoms with Crippen LogP contribution >= 0.6 is 24.0 Å². The molecule has 0 radical (unpaired) electrons. The number of methoxy groups -OCH3 is 2. The van der Waals surface area contributed by atoms with Crippen LogP contribution in [0.4, 0.5) is 0 Å². The third-order valence-electron chi connectivity index (χ3n) is 4.12. The number of hydrogen-bond donors (Lipinski definition) is 0. The zero-order valence-corrected chi connectivity index (χ0v) is 16.2. The SMILES string of the molecule is COc1cccc(/C=C2\SC(=S)N(C3CCS(=O)(=O)C3)C2=O)c1OC. The second-order valence-corrected chi connectivity index (χ2v) is 9.60. The Balaban J connectivity index is 1.91. The van der Waals surface area contributed by atoms with Gasteiger partial charge in [0.1, 0.15) is 4.32 Å². The Morgan fingerprint density at radius 1 is 1.32 bits per heavy atom. The summed E-state index contributed by atoms with van der Waals surface area (Å²) in [5.41, 5.74) is 0.696. The van der Waals surface area contributed by atoms with E-state index in [1.807, 2.05) is 6.07 Å². The van der Waals surface area contributed by atoms with Gasteiger partial charge in [0.15, 0.2) is 21.3 Å². The molecule has 0 bridgehead atoms. The van der Waals surface area contributed by atoms with Crippen molar-refractivity contribution in [2.45, 2.75) is 12.5 Å². The van der Waals surface area contributed by atoms with Crippen molar-refractivity contribution in [3.05, 3.63) is 28.7 Å². The average Bonchev–Trinajstić information content (AvgIpc) is 3.06. The van der Waals surface area contributed by atoms with Gasteiger partial charge < -0.3 is 9.47 Å². The minimum atomic E-state index is -3.09. The smallest absolute Gasteiger partial charge is 0.266 e. The van der Waals surface area contributed by atoms with Gasteiger partial charge in [-0.05, 0) is 18.6 Å². The second kappa shape index (κ2) is 6.97. The number of ether oxygens (including phenoxy) is 2. The minimum Gasteiger partial charge on any atom is -0.493 e. The van der Waals surface area contributed by atoms with Gasteiger partial charge in [-0.1, -0.05) is 36.1 Å². The number of rotatable bonds is 4. The van der Waals surface area contributed by atoms with Crippen molar-refractivity contribution in [2.24, 2.45) is 0 Å². The maximum atomic E-state index is 12.8. The molecule has 2 heterocycles. The maximum absolute atomic E-state index is 12.8. The quantitative estimate of drug-likeness (QED) is 0.567. The molecule has 2 aliphatic rings. The average molecular weight is 400 g/mol. The van der Waals surface area contributed by atoms with Crippen LogP contribution in [-0.4, -0.2) is 55.3 Å². The summed E-state index contributed by atoms with van der Waals surface area (Å²) in [5.74, 6) is 0.890. The van der Waals surface area contributed by atoms with E-state index in [4.69, 9.17) is 21.7 Å². The summed E-state index contributed by atoms with van der Waals surface area (Å²) in [4.78, 5) is 14.6. The van der Waals surface area contributed by atoms with Crippen molar-refractivity contribution in [2.75, 3.05) is 25.7 Å². The van der Waals surface area contributed by atoms with Crippen LogP contribution in [0.15, 0.2) is 23.1 Å². The summed E-state index contributed by atoms with van der Waals surface area (Å²) in [6, 6.07) is 5.01. The largest absolute Gasteiger partial charge is 0.493 e. The molecule has 0 aromatic heterocycles. The third kappa shape index (κ3) is 3.54. The van der Waals surface area contributed by atoms with E-state index >= 15 is 0 Å². The molecular formula is C16H17NO5S3. The van der Waals surface area contributed by atoms with E-state index in [0.717, 1.165) is 0 Å². The molecule has 1 aromatic carbocycles. The highest BCUT2D eigenvalue weighted by molar-refractivity contribution is 8.26. The molecule has 134 valence electrons. The Morgan fingerprint density at radius 3 is 2.68 bits per heavy atom. The molecule has 9 heteroatoms. The van der Waals surface area contributed by atoms with Crippen molar-refractivity contribution in [3.63, 3.8) is 0 Å². The molecule has 25 heavy (non-hydrogen) atoms. The summed E-state index contributed by atoms with van der Waals surface area (Å²) < 4.78 is 34.4. The number of nitrogens with zero attached hydrogens (tertiary/aromatic N) is 1. The number of carbonyl (C=O) groups excluding carboxylic acids is 1. The van der Waals surface area contributed by atoms with E-state index in [9.17, 15) is 13.2 Å². The standard InChI is InChI=1S/C16H17NO5S3/c1-21-12-5-3-4-10(14(12)22-2)8-13-15(18)17(16(23)24-13)11-6-7-25(19,20)9-11/h3-5,8,11H,6-7,9H2,1-2H3/b13-8-. The van der Waals surface area contributed by atoms with Gasteiger partial charge in [-0.15, -0.1) is 0 Å². The molecule has 0 aliphatic carbocycles. The number of benzene rings is 1. The Labute approximate surface area is 156 Å². The topological polar surface area (TPSA) is 72.9 Å². The van der Waals surface area contributed by atoms with Crippen molar-refractivity contribution >= 4 is 50.1 Å². The Kier molecular flexibility index (Phi) is 5.08. The molecule has 1 atom stereocenters. The third-order valence-corrected chi connectivity index (χ3v) is 7.20. The molecule has 1 amide bonds. The molecule has 1 unspecified atom stereocenters. The number of para-hydroxylation sites is 1. The van der Waals surface area contributed by atoms with E-state index < -0.39 is 9.84 Å². The molecule has 0 saturated carbocycles. The number of hydrogen-bond acceptors (Lipinski definition) is 7. The van der Waals surface area contributed by atoms with E-state index in [0.29, 0.717) is 32.7 Å². The number of carbonyl (C=O) groups is 1. The summed E-state index contributed by atoms with van der Waals surface area (Å²) in [6.07, 6.45) is 2.12. The van der Waals surface area contributed by atoms with Crippen LogP contribution in [0.2, 0.25) is 0 Å². The van der Waals surface area contributed by atoms with Crippen LogP contribution in [0.5, 0.6) is 11.5 Å². The van der Waals surface area contributed by atoms with Crippen LogP contribution < -0.4 is 9.47 Å². The number of thioether (sulfide) groups is 1. The molecule has 0 spiro atoms. The van der Waals surface area contributed by atoms with Crippen molar-refractivity contribution in [1.82, 2.24) is 4.90 Å². The lowest BCUT2D eigenvalue weighted by atomic mass is 10.1. The number of thiocarbonyl (C=S) groups is 1. The summed E-state index contributed by atoms with van der Waals surface area (Å²) in [5, 5.41) is 0. The minimum absolute atomic E-state index is 0.0325. The summed E-state index contributed by atoms with van der Waals surface area (Å²) in [6.45, 7) is 0. The molecule has 2 fully saturated rings. The lowest BCUT2D eigenvalue weighted by Crippen LogP contribution is -2.39. The zero-order valence-electron chi connectivity index (χ0n) is 13.7. The van der Waals surface area contributed by atoms with Crippen LogP contribution in [0.3, 0.4) is 0 Å². The first-order chi connectivity index (χ1) is 11.9. The van der Waals surface area contributed by atoms with Gasteiger partial charge in [0.2, 0.25) is 0 Å². The maximum Gasteiger partial charge on any atom is 0.266 e. The van der Waals surface area contributed by atoms with E-state index in [1.165, 1.54) is 23.8 Å². The van der Waals surface area contributed by atoms with Crippen LogP contribution in [0.25, 0.3) is 6.08 Å². The first-order valence-corrected chi connectivity index (χ1v) is 10.6. The zero-order chi connectivity index (χ0) is 18.2. The molecule has 2 aliphatic heterocycles. The van der Waals surface area contributed by atoms with Gasteiger partial charge in [-0.3, -0.25) is 9.69 Å². The van der Waals surface area contributed by atoms with Crippen molar-refractivity contribution in [1.29, 1.82) is 0 Å². The number of sulfone groups is 1.